The van der Waals surface area contributed by atoms with Gasteiger partial charge in [-0.3, -0.25) is 14.0 Å². The number of amides is 1. The lowest BCUT2D eigenvalue weighted by Crippen LogP contribution is -2.20. The first-order valence-electron chi connectivity index (χ1n) is 11.5. The van der Waals surface area contributed by atoms with Gasteiger partial charge in [0.2, 0.25) is 5.88 Å². The number of pyridine rings is 1. The zero-order valence-corrected chi connectivity index (χ0v) is 20.6. The third kappa shape index (κ3) is 5.18. The molecule has 0 atom stereocenters. The number of nitriles is 1. The van der Waals surface area contributed by atoms with E-state index in [9.17, 15) is 14.9 Å². The number of aromatic nitrogens is 2. The Labute approximate surface area is 209 Å². The zero-order chi connectivity index (χ0) is 25.9. The van der Waals surface area contributed by atoms with Crippen LogP contribution in [-0.2, 0) is 10.2 Å². The Morgan fingerprint density at radius 2 is 1.75 bits per heavy atom. The minimum absolute atomic E-state index is 0.00455. The number of carbonyl (C=O) groups excluding carboxylic acids is 1. The number of hydrogen-bond donors (Lipinski definition) is 1. The van der Waals surface area contributed by atoms with E-state index < -0.39 is 11.5 Å². The number of aryl methyl sites for hydroxylation is 1. The van der Waals surface area contributed by atoms with E-state index in [1.165, 1.54) is 10.5 Å². The first kappa shape index (κ1) is 24.4. The van der Waals surface area contributed by atoms with Gasteiger partial charge in [0.25, 0.3) is 11.5 Å². The molecule has 7 heteroatoms. The molecule has 0 saturated heterocycles. The molecule has 0 spiro atoms. The lowest BCUT2D eigenvalue weighted by atomic mass is 9.87. The van der Waals surface area contributed by atoms with E-state index in [0.29, 0.717) is 17.1 Å². The van der Waals surface area contributed by atoms with Gasteiger partial charge in [0.1, 0.15) is 28.6 Å². The highest BCUT2D eigenvalue weighted by Gasteiger charge is 2.19. The third-order valence-electron chi connectivity index (χ3n) is 5.72. The summed E-state index contributed by atoms with van der Waals surface area (Å²) in [6.07, 6.45) is 2.80. The molecule has 0 aliphatic heterocycles. The van der Waals surface area contributed by atoms with Crippen LogP contribution in [0.15, 0.2) is 83.3 Å². The van der Waals surface area contributed by atoms with Gasteiger partial charge in [-0.05, 0) is 59.9 Å². The summed E-state index contributed by atoms with van der Waals surface area (Å²) in [5.41, 5.74) is 2.18. The van der Waals surface area contributed by atoms with Crippen molar-refractivity contribution in [3.63, 3.8) is 0 Å². The average molecular weight is 479 g/mol. The van der Waals surface area contributed by atoms with Crippen molar-refractivity contribution in [1.82, 2.24) is 9.38 Å². The van der Waals surface area contributed by atoms with E-state index in [0.717, 1.165) is 11.1 Å². The minimum Gasteiger partial charge on any atom is -0.438 e. The molecule has 4 rings (SSSR count). The molecule has 2 aromatic heterocycles. The number of fused-ring (bicyclic) bond motifs is 1. The molecule has 0 bridgehead atoms. The Balaban J connectivity index is 1.78. The first-order chi connectivity index (χ1) is 17.2. The van der Waals surface area contributed by atoms with Crippen molar-refractivity contribution in [2.75, 3.05) is 5.32 Å². The number of rotatable bonds is 5. The van der Waals surface area contributed by atoms with Crippen LogP contribution in [0.2, 0.25) is 0 Å². The predicted octanol–water partition coefficient (Wildman–Crippen LogP) is 5.64. The smallest absolute Gasteiger partial charge is 0.269 e. The van der Waals surface area contributed by atoms with E-state index in [1.54, 1.807) is 48.7 Å². The van der Waals surface area contributed by atoms with Gasteiger partial charge < -0.3 is 10.1 Å². The summed E-state index contributed by atoms with van der Waals surface area (Å²) in [6, 6.07) is 21.8. The monoisotopic (exact) mass is 478 g/mol. The summed E-state index contributed by atoms with van der Waals surface area (Å²) in [5.74, 6) is -0.149. The van der Waals surface area contributed by atoms with Gasteiger partial charge in [0, 0.05) is 11.9 Å². The molecule has 0 radical (unpaired) electrons. The van der Waals surface area contributed by atoms with Gasteiger partial charge >= 0.3 is 0 Å². The molecule has 2 aromatic carbocycles. The van der Waals surface area contributed by atoms with Crippen LogP contribution in [0.25, 0.3) is 11.7 Å². The van der Waals surface area contributed by atoms with Gasteiger partial charge in [-0.15, -0.1) is 0 Å². The van der Waals surface area contributed by atoms with Crippen molar-refractivity contribution in [2.45, 2.75) is 33.1 Å². The molecule has 1 N–H and O–H groups in total. The van der Waals surface area contributed by atoms with Crippen LogP contribution in [0.1, 0.15) is 37.5 Å². The van der Waals surface area contributed by atoms with Crippen LogP contribution in [0.3, 0.4) is 0 Å². The Bertz CT molecular complexity index is 1570. The fraction of sp³-hybridized carbons (Fsp3) is 0.172. The normalized spacial score (nSPS) is 11.7. The Morgan fingerprint density at radius 3 is 2.42 bits per heavy atom. The highest BCUT2D eigenvalue weighted by molar-refractivity contribution is 6.10. The van der Waals surface area contributed by atoms with Crippen LogP contribution in [0.4, 0.5) is 5.69 Å². The summed E-state index contributed by atoms with van der Waals surface area (Å²) >= 11 is 0. The van der Waals surface area contributed by atoms with Gasteiger partial charge in [0.05, 0.1) is 0 Å². The topological polar surface area (TPSA) is 96.5 Å². The predicted molar refractivity (Wildman–Crippen MR) is 140 cm³/mol. The molecular formula is C29H26N4O3. The maximum atomic E-state index is 13.4. The standard InChI is InChI=1S/C29H26N4O3/c1-19-9-5-6-10-24(19)31-26(34)20(18-30)17-23-27(32-25-11-7-8-16-33(25)28(23)35)36-22-14-12-21(13-15-22)29(2,3)4/h5-17H,1-4H3,(H,31,34). The molecule has 180 valence electrons. The average Bonchev–Trinajstić information content (AvgIpc) is 2.85. The highest BCUT2D eigenvalue weighted by Crippen LogP contribution is 2.28. The van der Waals surface area contributed by atoms with Gasteiger partial charge in [-0.2, -0.15) is 10.2 Å². The van der Waals surface area contributed by atoms with E-state index in [2.05, 4.69) is 31.1 Å². The van der Waals surface area contributed by atoms with Crippen molar-refractivity contribution in [3.8, 4) is 17.7 Å². The SMILES string of the molecule is Cc1ccccc1NC(=O)C(C#N)=Cc1c(Oc2ccc(C(C)(C)C)cc2)nc2ccccn2c1=O. The third-order valence-corrected chi connectivity index (χ3v) is 5.72. The Kier molecular flexibility index (Phi) is 6.71. The van der Waals surface area contributed by atoms with Crippen molar-refractivity contribution >= 4 is 23.3 Å². The van der Waals surface area contributed by atoms with Gasteiger partial charge in [-0.1, -0.05) is 57.2 Å². The molecule has 0 unspecified atom stereocenters. The number of carbonyl (C=O) groups is 1. The molecule has 0 aliphatic carbocycles. The molecule has 7 nitrogen and oxygen atoms in total. The second kappa shape index (κ2) is 9.88. The van der Waals surface area contributed by atoms with E-state index in [4.69, 9.17) is 4.74 Å². The van der Waals surface area contributed by atoms with Crippen molar-refractivity contribution in [3.05, 3.63) is 106 Å². The molecule has 1 amide bonds. The lowest BCUT2D eigenvalue weighted by Gasteiger charge is -2.19. The summed E-state index contributed by atoms with van der Waals surface area (Å²) in [4.78, 5) is 30.8. The van der Waals surface area contributed by atoms with Crippen LogP contribution in [0.5, 0.6) is 11.6 Å². The molecule has 36 heavy (non-hydrogen) atoms. The maximum Gasteiger partial charge on any atom is 0.269 e. The summed E-state index contributed by atoms with van der Waals surface area (Å²) in [5, 5.41) is 12.5. The molecule has 0 aliphatic rings. The maximum absolute atomic E-state index is 13.4. The lowest BCUT2D eigenvalue weighted by molar-refractivity contribution is -0.112. The Hall–Kier alpha value is -4.70. The molecule has 0 fully saturated rings. The van der Waals surface area contributed by atoms with E-state index in [1.807, 2.05) is 37.3 Å². The van der Waals surface area contributed by atoms with Crippen LogP contribution in [0, 0.1) is 18.3 Å². The highest BCUT2D eigenvalue weighted by atomic mass is 16.5. The van der Waals surface area contributed by atoms with Gasteiger partial charge in [0.15, 0.2) is 0 Å². The molecule has 0 saturated carbocycles. The van der Waals surface area contributed by atoms with E-state index in [-0.39, 0.29) is 22.4 Å². The second-order valence-corrected chi connectivity index (χ2v) is 9.38. The Morgan fingerprint density at radius 1 is 1.06 bits per heavy atom. The number of benzene rings is 2. The number of anilines is 1. The number of hydrogen-bond acceptors (Lipinski definition) is 5. The largest absolute Gasteiger partial charge is 0.438 e. The fourth-order valence-corrected chi connectivity index (χ4v) is 3.61. The van der Waals surface area contributed by atoms with Crippen molar-refractivity contribution in [1.29, 1.82) is 5.26 Å². The van der Waals surface area contributed by atoms with Gasteiger partial charge in [-0.25, -0.2) is 0 Å². The number of para-hydroxylation sites is 1. The second-order valence-electron chi connectivity index (χ2n) is 9.38. The quantitative estimate of drug-likeness (QED) is 0.296. The van der Waals surface area contributed by atoms with Crippen LogP contribution >= 0.6 is 0 Å². The zero-order valence-electron chi connectivity index (χ0n) is 20.6. The fourth-order valence-electron chi connectivity index (χ4n) is 3.61. The molecular weight excluding hydrogens is 452 g/mol. The minimum atomic E-state index is -0.634. The number of nitrogens with zero attached hydrogens (tertiary/aromatic N) is 3. The summed E-state index contributed by atoms with van der Waals surface area (Å²) in [7, 11) is 0. The summed E-state index contributed by atoms with van der Waals surface area (Å²) in [6.45, 7) is 8.19. The van der Waals surface area contributed by atoms with Crippen LogP contribution < -0.4 is 15.6 Å². The van der Waals surface area contributed by atoms with Crippen LogP contribution in [-0.4, -0.2) is 15.3 Å². The number of nitrogens with one attached hydrogen (secondary N) is 1. The van der Waals surface area contributed by atoms with Crippen molar-refractivity contribution < 1.29 is 9.53 Å². The van der Waals surface area contributed by atoms with Crippen molar-refractivity contribution in [2.24, 2.45) is 0 Å². The molecule has 2 heterocycles. The molecule has 4 aromatic rings. The first-order valence-corrected chi connectivity index (χ1v) is 11.5. The van der Waals surface area contributed by atoms with E-state index >= 15 is 0 Å². The number of ether oxygens (including phenoxy) is 1. The summed E-state index contributed by atoms with van der Waals surface area (Å²) < 4.78 is 7.36.